The van der Waals surface area contributed by atoms with E-state index in [9.17, 15) is 9.90 Å². The molecule has 0 atom stereocenters. The third kappa shape index (κ3) is 4.76. The van der Waals surface area contributed by atoms with E-state index in [0.717, 1.165) is 15.9 Å². The van der Waals surface area contributed by atoms with Gasteiger partial charge in [0, 0.05) is 6.08 Å². The minimum absolute atomic E-state index is 0.226. The lowest BCUT2D eigenvalue weighted by Crippen LogP contribution is -2.33. The van der Waals surface area contributed by atoms with Crippen LogP contribution in [0.2, 0.25) is 0 Å². The summed E-state index contributed by atoms with van der Waals surface area (Å²) in [6, 6.07) is 29.8. The second kappa shape index (κ2) is 10.7. The van der Waals surface area contributed by atoms with Gasteiger partial charge in [0.1, 0.15) is 0 Å². The van der Waals surface area contributed by atoms with Gasteiger partial charge in [-0.25, -0.2) is 4.79 Å². The van der Waals surface area contributed by atoms with Crippen LogP contribution in [0.25, 0.3) is 0 Å². The summed E-state index contributed by atoms with van der Waals surface area (Å²) in [5.74, 6) is -0.781. The molecule has 0 fully saturated rings. The van der Waals surface area contributed by atoms with Crippen LogP contribution in [0.15, 0.2) is 103 Å². The molecule has 0 aliphatic heterocycles. The topological polar surface area (TPSA) is 55.8 Å². The number of hydrogen-bond acceptors (Lipinski definition) is 4. The summed E-state index contributed by atoms with van der Waals surface area (Å²) in [6.45, 7) is 1.36. The maximum absolute atomic E-state index is 13.4. The fourth-order valence-corrected chi connectivity index (χ4v) is 7.85. The molecular weight excluding hydrogens is 407 g/mol. The first-order valence-corrected chi connectivity index (χ1v) is 12.1. The van der Waals surface area contributed by atoms with Gasteiger partial charge in [-0.05, 0) is 36.6 Å². The molecule has 3 rings (SSSR count). The van der Waals surface area contributed by atoms with Crippen LogP contribution in [0.5, 0.6) is 0 Å². The molecule has 3 aromatic rings. The average Bonchev–Trinajstić information content (AvgIpc) is 2.81. The maximum Gasteiger partial charge on any atom is 0.339 e. The van der Waals surface area contributed by atoms with Crippen LogP contribution in [0, 0.1) is 0 Å². The number of carbonyl (C=O) groups excluding carboxylic acids is 1. The Balaban J connectivity index is 2.59. The lowest BCUT2D eigenvalue weighted by molar-refractivity contribution is -0.134. The quantitative estimate of drug-likeness (QED) is 0.329. The highest BCUT2D eigenvalue weighted by Gasteiger charge is 2.33. The van der Waals surface area contributed by atoms with Crippen LogP contribution >= 0.6 is 6.89 Å². The number of esters is 1. The Morgan fingerprint density at radius 3 is 1.48 bits per heavy atom. The number of hydrogen-bond donors (Lipinski definition) is 1. The Morgan fingerprint density at radius 1 is 0.742 bits per heavy atom. The molecule has 0 amide bonds. The summed E-state index contributed by atoms with van der Waals surface area (Å²) in [4.78, 5) is 13.4. The van der Waals surface area contributed by atoms with E-state index in [1.54, 1.807) is 13.8 Å². The molecule has 0 radical (unpaired) electrons. The van der Waals surface area contributed by atoms with Crippen molar-refractivity contribution in [3.8, 4) is 0 Å². The minimum atomic E-state index is -2.70. The zero-order valence-corrected chi connectivity index (χ0v) is 18.7. The minimum Gasteiger partial charge on any atom is -0.481 e. The molecule has 0 aromatic heterocycles. The van der Waals surface area contributed by atoms with Crippen LogP contribution in [0.1, 0.15) is 13.8 Å². The highest BCUT2D eigenvalue weighted by molar-refractivity contribution is 7.96. The van der Waals surface area contributed by atoms with Gasteiger partial charge < -0.3 is 14.6 Å². The summed E-state index contributed by atoms with van der Waals surface area (Å²) in [7, 11) is 0. The second-order valence-corrected chi connectivity index (χ2v) is 10.1. The zero-order chi connectivity index (χ0) is 22.1. The molecule has 0 spiro atoms. The van der Waals surface area contributed by atoms with Gasteiger partial charge in [-0.2, -0.15) is 0 Å². The van der Waals surface area contributed by atoms with Gasteiger partial charge in [0.2, 0.25) is 0 Å². The number of ether oxygens (including phenoxy) is 2. The standard InChI is InChI=1S/C26H27O4P/c1-3-29-25(27)20-24(26(28)30-4-2)31(21-14-8-5-9-15-21,22-16-10-6-11-17-22)23-18-12-7-13-19-23/h5-20,27H,3-4H2,1-2H3/b25-20+. The molecule has 0 unspecified atom stereocenters. The van der Waals surface area contributed by atoms with Crippen molar-refractivity contribution in [3.63, 3.8) is 0 Å². The van der Waals surface area contributed by atoms with Crippen LogP contribution in [-0.4, -0.2) is 29.6 Å². The highest BCUT2D eigenvalue weighted by atomic mass is 31.2. The molecule has 4 nitrogen and oxygen atoms in total. The molecule has 3 aromatic carbocycles. The molecule has 31 heavy (non-hydrogen) atoms. The van der Waals surface area contributed by atoms with Gasteiger partial charge in [-0.15, -0.1) is 0 Å². The Hall–Kier alpha value is -3.23. The zero-order valence-electron chi connectivity index (χ0n) is 17.8. The van der Waals surface area contributed by atoms with E-state index in [0.29, 0.717) is 5.29 Å². The molecule has 0 bridgehead atoms. The number of rotatable bonds is 8. The summed E-state index contributed by atoms with van der Waals surface area (Å²) in [6.07, 6.45) is 1.43. The summed E-state index contributed by atoms with van der Waals surface area (Å²) in [5.41, 5.74) is 0. The Morgan fingerprint density at radius 2 is 1.13 bits per heavy atom. The normalized spacial score (nSPS) is 11.6. The fourth-order valence-electron chi connectivity index (χ4n) is 3.62. The van der Waals surface area contributed by atoms with Gasteiger partial charge in [0.25, 0.3) is 5.95 Å². The van der Waals surface area contributed by atoms with Gasteiger partial charge in [-0.3, -0.25) is 0 Å². The van der Waals surface area contributed by atoms with Gasteiger partial charge in [0.15, 0.2) is 0 Å². The smallest absolute Gasteiger partial charge is 0.339 e. The third-order valence-corrected chi connectivity index (χ3v) is 9.08. The predicted octanol–water partition coefficient (Wildman–Crippen LogP) is 4.15. The molecule has 0 saturated heterocycles. The van der Waals surface area contributed by atoms with E-state index in [-0.39, 0.29) is 19.2 Å². The van der Waals surface area contributed by atoms with Crippen molar-refractivity contribution >= 4 is 34.1 Å². The molecule has 0 aliphatic carbocycles. The van der Waals surface area contributed by atoms with E-state index in [2.05, 4.69) is 0 Å². The second-order valence-electron chi connectivity index (χ2n) is 6.70. The average molecular weight is 434 g/mol. The first kappa shape index (κ1) is 22.5. The largest absolute Gasteiger partial charge is 0.481 e. The van der Waals surface area contributed by atoms with Crippen molar-refractivity contribution in [2.24, 2.45) is 0 Å². The molecule has 1 N–H and O–H groups in total. The van der Waals surface area contributed by atoms with Crippen molar-refractivity contribution in [1.82, 2.24) is 0 Å². The summed E-state index contributed by atoms with van der Waals surface area (Å²) >= 11 is 0. The number of benzene rings is 3. The van der Waals surface area contributed by atoms with Crippen LogP contribution in [0.4, 0.5) is 0 Å². The number of aliphatic hydroxyl groups excluding tert-OH is 1. The van der Waals surface area contributed by atoms with Gasteiger partial charge in [-0.1, -0.05) is 91.0 Å². The van der Waals surface area contributed by atoms with Crippen molar-refractivity contribution in [1.29, 1.82) is 0 Å². The Kier molecular flexibility index (Phi) is 7.75. The lowest BCUT2D eigenvalue weighted by Gasteiger charge is -2.31. The monoisotopic (exact) mass is 434 g/mol. The molecule has 0 heterocycles. The van der Waals surface area contributed by atoms with Gasteiger partial charge >= 0.3 is 5.97 Å². The first-order valence-electron chi connectivity index (χ1n) is 10.3. The van der Waals surface area contributed by atoms with E-state index < -0.39 is 12.9 Å². The number of aliphatic hydroxyl groups is 1. The van der Waals surface area contributed by atoms with Crippen molar-refractivity contribution in [2.45, 2.75) is 13.8 Å². The van der Waals surface area contributed by atoms with E-state index in [1.165, 1.54) is 6.08 Å². The van der Waals surface area contributed by atoms with Gasteiger partial charge in [0.05, 0.1) is 18.5 Å². The SMILES string of the molecule is CCOC(=O)C(/C=C(\O)OCC)=P(c1ccccc1)(c1ccccc1)c1ccccc1. The molecule has 5 heteroatoms. The molecule has 160 valence electrons. The predicted molar refractivity (Wildman–Crippen MR) is 129 cm³/mol. The van der Waals surface area contributed by atoms with Crippen LogP contribution in [0.3, 0.4) is 0 Å². The van der Waals surface area contributed by atoms with Crippen LogP contribution in [-0.2, 0) is 14.3 Å². The van der Waals surface area contributed by atoms with E-state index in [1.807, 2.05) is 91.0 Å². The van der Waals surface area contributed by atoms with Crippen molar-refractivity contribution < 1.29 is 19.4 Å². The van der Waals surface area contributed by atoms with E-state index >= 15 is 0 Å². The van der Waals surface area contributed by atoms with Crippen LogP contribution < -0.4 is 15.9 Å². The highest BCUT2D eigenvalue weighted by Crippen LogP contribution is 2.46. The van der Waals surface area contributed by atoms with Crippen molar-refractivity contribution in [3.05, 3.63) is 103 Å². The maximum atomic E-state index is 13.4. The molecule has 0 aliphatic rings. The molecule has 0 saturated carbocycles. The third-order valence-electron chi connectivity index (χ3n) is 4.83. The molecular formula is C26H27O4P. The number of carbonyl (C=O) groups is 1. The first-order chi connectivity index (χ1) is 15.1. The van der Waals surface area contributed by atoms with E-state index in [4.69, 9.17) is 9.47 Å². The fraction of sp³-hybridized carbons (Fsp3) is 0.154. The van der Waals surface area contributed by atoms with Crippen molar-refractivity contribution in [2.75, 3.05) is 13.2 Å². The Labute approximate surface area is 183 Å². The summed E-state index contributed by atoms with van der Waals surface area (Å²) in [5, 5.41) is 13.8. The summed E-state index contributed by atoms with van der Waals surface area (Å²) < 4.78 is 10.8. The lowest BCUT2D eigenvalue weighted by atomic mass is 10.3. The Bertz CT molecular complexity index is 971.